The molecule has 2 amide bonds. The number of carbonyl (C=O) groups excluding carboxylic acids is 3. The van der Waals surface area contributed by atoms with Crippen molar-refractivity contribution in [3.8, 4) is 0 Å². The molecule has 2 fully saturated rings. The maximum absolute atomic E-state index is 13.9. The van der Waals surface area contributed by atoms with Crippen molar-refractivity contribution in [2.24, 2.45) is 40.5 Å². The fourth-order valence-corrected chi connectivity index (χ4v) is 8.96. The van der Waals surface area contributed by atoms with Crippen LogP contribution in [0.1, 0.15) is 105 Å². The molecule has 0 radical (unpaired) electrons. The van der Waals surface area contributed by atoms with E-state index in [4.69, 9.17) is 14.5 Å². The normalized spacial score (nSPS) is 29.9. The minimum absolute atomic E-state index is 0.0336. The first kappa shape index (κ1) is 40.4. The molecule has 0 bridgehead atoms. The molecule has 5 atom stereocenters. The Kier molecular flexibility index (Phi) is 13.1. The highest BCUT2D eigenvalue weighted by atomic mass is 32.2. The second-order valence-electron chi connectivity index (χ2n) is 15.5. The monoisotopic (exact) mass is 731 g/mol. The van der Waals surface area contributed by atoms with Crippen molar-refractivity contribution in [3.63, 3.8) is 0 Å². The number of sulfonamides is 1. The number of aliphatic imine (C=N–C) groups is 1. The lowest BCUT2D eigenvalue weighted by Crippen LogP contribution is -2.47. The van der Waals surface area contributed by atoms with Crippen molar-refractivity contribution in [1.82, 2.24) is 15.0 Å². The molecule has 14 heteroatoms. The molecule has 51 heavy (non-hydrogen) atoms. The number of amidine groups is 1. The van der Waals surface area contributed by atoms with Crippen LogP contribution in [0, 0.1) is 42.4 Å². The van der Waals surface area contributed by atoms with Crippen molar-refractivity contribution in [2.45, 2.75) is 120 Å². The lowest BCUT2D eigenvalue weighted by atomic mass is 9.75. The van der Waals surface area contributed by atoms with Crippen LogP contribution in [-0.4, -0.2) is 61.5 Å². The van der Waals surface area contributed by atoms with Gasteiger partial charge in [0.2, 0.25) is 21.8 Å². The predicted octanol–water partition coefficient (Wildman–Crippen LogP) is 5.54. The molecule has 1 aliphatic heterocycles. The summed E-state index contributed by atoms with van der Waals surface area (Å²) in [5.41, 5.74) is 2.98. The predicted molar refractivity (Wildman–Crippen MR) is 197 cm³/mol. The van der Waals surface area contributed by atoms with Gasteiger partial charge in [-0.15, -0.1) is 0 Å². The Labute approximate surface area is 302 Å². The van der Waals surface area contributed by atoms with Crippen LogP contribution in [0.5, 0.6) is 0 Å². The smallest absolute Gasteiger partial charge is 0.342 e. The Morgan fingerprint density at radius 2 is 1.47 bits per heavy atom. The summed E-state index contributed by atoms with van der Waals surface area (Å²) in [5.74, 6) is 0.950. The Balaban J connectivity index is 1.66. The van der Waals surface area contributed by atoms with Crippen molar-refractivity contribution in [1.29, 1.82) is 0 Å². The number of nitrogens with one attached hydrogen (secondary N) is 4. The molecule has 1 aromatic heterocycles. The van der Waals surface area contributed by atoms with Gasteiger partial charge in [0.25, 0.3) is 0 Å². The van der Waals surface area contributed by atoms with Crippen molar-refractivity contribution in [3.05, 3.63) is 33.7 Å². The maximum Gasteiger partial charge on any atom is 0.342 e. The fourth-order valence-electron chi connectivity index (χ4n) is 8.21. The zero-order valence-corrected chi connectivity index (χ0v) is 32.7. The first-order valence-electron chi connectivity index (χ1n) is 18.0. The van der Waals surface area contributed by atoms with Crippen LogP contribution in [-0.2, 0) is 45.5 Å². The number of allylic oxidation sites excluding steroid dienone is 1. The average molecular weight is 732 g/mol. The first-order chi connectivity index (χ1) is 23.7. The maximum atomic E-state index is 13.9. The largest absolute Gasteiger partial charge is 0.458 e. The molecule has 0 saturated heterocycles. The number of hydrogen-bond acceptors (Lipinski definition) is 9. The van der Waals surface area contributed by atoms with E-state index in [1.807, 2.05) is 6.92 Å². The minimum Gasteiger partial charge on any atom is -0.458 e. The van der Waals surface area contributed by atoms with Gasteiger partial charge in [0.1, 0.15) is 29.9 Å². The Bertz CT molecular complexity index is 1670. The molecular weight excluding hydrogens is 675 g/mol. The summed E-state index contributed by atoms with van der Waals surface area (Å²) in [6.45, 7) is 19.4. The van der Waals surface area contributed by atoms with Crippen LogP contribution < -0.4 is 15.4 Å². The van der Waals surface area contributed by atoms with E-state index in [-0.39, 0.29) is 48.0 Å². The van der Waals surface area contributed by atoms with Crippen LogP contribution in [0.3, 0.4) is 0 Å². The molecule has 3 aliphatic rings. The number of esters is 1. The number of amides is 2. The number of anilines is 1. The van der Waals surface area contributed by atoms with Crippen molar-refractivity contribution in [2.75, 3.05) is 11.6 Å². The number of aromatic nitrogens is 1. The van der Waals surface area contributed by atoms with Gasteiger partial charge in [-0.3, -0.25) is 9.59 Å². The standard InChI is InChI=1S/C37H57N5O8S/c1-18-12-20(3)32(21(4)13-18)49-37(45)31-25(8)30(40-35(31)41-36(44)26(9)42-51(11,46)47)16-29-24(7)28(34(39-29)38-27(10)43)17-48-50-33-22(5)14-19(2)15-23(33)6/h16,18-23,26,32-33,39,42H,12-15,17H2,1-11H3,(H,38,43)(H,40,41,44). The van der Waals surface area contributed by atoms with Crippen LogP contribution in [0.4, 0.5) is 5.82 Å². The highest BCUT2D eigenvalue weighted by molar-refractivity contribution is 7.88. The molecule has 4 N–H and O–H groups in total. The van der Waals surface area contributed by atoms with Gasteiger partial charge in [-0.2, -0.15) is 0 Å². The number of aromatic amines is 1. The van der Waals surface area contributed by atoms with Gasteiger partial charge in [0, 0.05) is 18.2 Å². The van der Waals surface area contributed by atoms with Gasteiger partial charge >= 0.3 is 5.97 Å². The second kappa shape index (κ2) is 16.6. The van der Waals surface area contributed by atoms with Crippen LogP contribution in [0.2, 0.25) is 0 Å². The zero-order valence-electron chi connectivity index (χ0n) is 31.9. The Hall–Kier alpha value is -3.33. The van der Waals surface area contributed by atoms with Crippen molar-refractivity contribution >= 4 is 45.5 Å². The van der Waals surface area contributed by atoms with Crippen molar-refractivity contribution < 1.29 is 37.3 Å². The van der Waals surface area contributed by atoms with E-state index in [1.165, 1.54) is 13.8 Å². The molecule has 1 aromatic rings. The summed E-state index contributed by atoms with van der Waals surface area (Å²) in [6, 6.07) is -1.13. The van der Waals surface area contributed by atoms with E-state index in [0.29, 0.717) is 52.0 Å². The van der Waals surface area contributed by atoms with E-state index in [2.05, 4.69) is 66.9 Å². The van der Waals surface area contributed by atoms with E-state index < -0.39 is 27.9 Å². The van der Waals surface area contributed by atoms with Crippen LogP contribution in [0.15, 0.2) is 21.8 Å². The number of carbonyl (C=O) groups is 3. The molecule has 284 valence electrons. The molecule has 4 rings (SSSR count). The van der Waals surface area contributed by atoms with Gasteiger partial charge in [0.15, 0.2) is 0 Å². The summed E-state index contributed by atoms with van der Waals surface area (Å²) in [5, 5.41) is 5.49. The second-order valence-corrected chi connectivity index (χ2v) is 17.3. The van der Waals surface area contributed by atoms with E-state index >= 15 is 0 Å². The van der Waals surface area contributed by atoms with Crippen LogP contribution in [0.25, 0.3) is 6.08 Å². The third-order valence-corrected chi connectivity index (χ3v) is 11.2. The average Bonchev–Trinajstić information content (AvgIpc) is 3.44. The quantitative estimate of drug-likeness (QED) is 0.130. The number of hydrogen-bond donors (Lipinski definition) is 4. The van der Waals surface area contributed by atoms with Gasteiger partial charge in [-0.25, -0.2) is 32.7 Å². The summed E-state index contributed by atoms with van der Waals surface area (Å²) in [7, 11) is -3.69. The molecular formula is C37H57N5O8S. The first-order valence-corrected chi connectivity index (χ1v) is 19.9. The third-order valence-electron chi connectivity index (χ3n) is 10.4. The summed E-state index contributed by atoms with van der Waals surface area (Å²) < 4.78 is 32.0. The highest BCUT2D eigenvalue weighted by Crippen LogP contribution is 2.38. The topological polar surface area (TPSA) is 177 Å². The lowest BCUT2D eigenvalue weighted by Gasteiger charge is -2.37. The minimum atomic E-state index is -3.69. The number of H-pyrrole nitrogens is 1. The Morgan fingerprint density at radius 1 is 0.922 bits per heavy atom. The molecule has 13 nitrogen and oxygen atoms in total. The number of ether oxygens (including phenoxy) is 1. The summed E-state index contributed by atoms with van der Waals surface area (Å²) in [4.78, 5) is 58.9. The molecule has 0 aromatic carbocycles. The SMILES string of the molecule is CC(=O)Nc1[nH]c(C=C2N=C(NC(=O)C(C)NS(C)(=O)=O)C(C(=O)OC3C(C)CC(C)CC3C)=C2C)c(C)c1COOC1C(C)CC(C)CC1C. The summed E-state index contributed by atoms with van der Waals surface area (Å²) >= 11 is 0. The molecule has 2 heterocycles. The highest BCUT2D eigenvalue weighted by Gasteiger charge is 2.38. The molecule has 5 unspecified atom stereocenters. The fraction of sp³-hybridized carbons (Fsp3) is 0.676. The van der Waals surface area contributed by atoms with Gasteiger partial charge in [0.05, 0.1) is 24.1 Å². The molecule has 2 saturated carbocycles. The number of nitrogens with zero attached hydrogens (tertiary/aromatic N) is 1. The van der Waals surface area contributed by atoms with E-state index in [0.717, 1.165) is 37.5 Å². The Morgan fingerprint density at radius 3 is 2.00 bits per heavy atom. The van der Waals surface area contributed by atoms with Gasteiger partial charge < -0.3 is 20.4 Å². The third kappa shape index (κ3) is 10.2. The van der Waals surface area contributed by atoms with Gasteiger partial charge in [-0.05, 0) is 99.2 Å². The van der Waals surface area contributed by atoms with E-state index in [9.17, 15) is 22.8 Å². The van der Waals surface area contributed by atoms with Crippen LogP contribution >= 0.6 is 0 Å². The summed E-state index contributed by atoms with van der Waals surface area (Å²) in [6.07, 6.45) is 6.30. The molecule has 2 aliphatic carbocycles. The van der Waals surface area contributed by atoms with E-state index in [1.54, 1.807) is 13.0 Å². The lowest BCUT2D eigenvalue weighted by molar-refractivity contribution is -0.354. The van der Waals surface area contributed by atoms with Gasteiger partial charge in [-0.1, -0.05) is 41.5 Å². The molecule has 0 spiro atoms. The number of rotatable bonds is 11. The zero-order chi connectivity index (χ0) is 37.9.